The van der Waals surface area contributed by atoms with Crippen LogP contribution in [0.15, 0.2) is 33.7 Å². The molecule has 4 rings (SSSR count). The van der Waals surface area contributed by atoms with E-state index in [1.807, 2.05) is 7.05 Å². The highest BCUT2D eigenvalue weighted by Crippen LogP contribution is 2.41. The molecule has 1 aliphatic heterocycles. The van der Waals surface area contributed by atoms with E-state index in [2.05, 4.69) is 60.7 Å². The van der Waals surface area contributed by atoms with Crippen molar-refractivity contribution in [1.29, 1.82) is 0 Å². The molecule has 1 saturated heterocycles. The number of halogens is 2. The lowest BCUT2D eigenvalue weighted by atomic mass is 9.88. The molecule has 3 aliphatic rings. The number of aliphatic imine (C=N–C) groups is 1. The van der Waals surface area contributed by atoms with Crippen molar-refractivity contribution in [2.45, 2.75) is 62.9 Å². The summed E-state index contributed by atoms with van der Waals surface area (Å²) in [6, 6.07) is 9.33. The van der Waals surface area contributed by atoms with Gasteiger partial charge < -0.3 is 15.5 Å². The summed E-state index contributed by atoms with van der Waals surface area (Å²) in [7, 11) is 1.83. The van der Waals surface area contributed by atoms with Crippen LogP contribution in [-0.4, -0.2) is 49.0 Å². The summed E-state index contributed by atoms with van der Waals surface area (Å²) < 4.78 is 1.12. The van der Waals surface area contributed by atoms with Gasteiger partial charge in [0.2, 0.25) is 5.91 Å². The predicted molar refractivity (Wildman–Crippen MR) is 132 cm³/mol. The number of nitrogens with one attached hydrogen (secondary N) is 2. The predicted octanol–water partition coefficient (Wildman–Crippen LogP) is 4.27. The molecule has 29 heavy (non-hydrogen) atoms. The fraction of sp³-hybridized carbons (Fsp3) is 0.636. The van der Waals surface area contributed by atoms with E-state index in [0.717, 1.165) is 49.2 Å². The van der Waals surface area contributed by atoms with Crippen LogP contribution in [0, 0.1) is 5.92 Å². The fourth-order valence-corrected chi connectivity index (χ4v) is 4.92. The molecule has 1 amide bonds. The Morgan fingerprint density at radius 2 is 1.83 bits per heavy atom. The van der Waals surface area contributed by atoms with Crippen LogP contribution in [0.2, 0.25) is 0 Å². The van der Waals surface area contributed by atoms with Gasteiger partial charge in [0.05, 0.1) is 0 Å². The van der Waals surface area contributed by atoms with E-state index in [9.17, 15) is 4.79 Å². The molecular formula is C22H32BrIN4O. The Hall–Kier alpha value is -0.830. The standard InChI is InChI=1S/C22H31BrN4O.HI/c1-24-22(26-20-13-19(20)15-7-9-17(23)10-8-15)25-18-11-12-27(14-18)21(28)16-5-3-2-4-6-16;/h7-10,16,18-20H,2-6,11-14H2,1H3,(H2,24,25,26);1H. The van der Waals surface area contributed by atoms with Crippen LogP contribution in [0.1, 0.15) is 56.4 Å². The van der Waals surface area contributed by atoms with Crippen molar-refractivity contribution < 1.29 is 4.79 Å². The number of carbonyl (C=O) groups is 1. The lowest BCUT2D eigenvalue weighted by Crippen LogP contribution is -2.46. The second-order valence-electron chi connectivity index (χ2n) is 8.47. The van der Waals surface area contributed by atoms with Gasteiger partial charge in [0.1, 0.15) is 0 Å². The van der Waals surface area contributed by atoms with E-state index in [-0.39, 0.29) is 29.9 Å². The van der Waals surface area contributed by atoms with Gasteiger partial charge in [-0.25, -0.2) is 0 Å². The molecule has 1 aromatic rings. The van der Waals surface area contributed by atoms with Gasteiger partial charge in [-0.05, 0) is 43.4 Å². The lowest BCUT2D eigenvalue weighted by Gasteiger charge is -2.26. The number of carbonyl (C=O) groups excluding carboxylic acids is 1. The third-order valence-electron chi connectivity index (χ3n) is 6.43. The SMILES string of the molecule is CN=C(NC1CCN(C(=O)C2CCCCC2)C1)NC1CC1c1ccc(Br)cc1.I. The number of likely N-dealkylation sites (tertiary alicyclic amines) is 1. The van der Waals surface area contributed by atoms with Crippen LogP contribution in [0.4, 0.5) is 0 Å². The molecule has 5 nitrogen and oxygen atoms in total. The molecule has 160 valence electrons. The third kappa shape index (κ3) is 5.87. The molecule has 3 fully saturated rings. The van der Waals surface area contributed by atoms with Crippen molar-refractivity contribution in [2.24, 2.45) is 10.9 Å². The van der Waals surface area contributed by atoms with Crippen LogP contribution >= 0.6 is 39.9 Å². The van der Waals surface area contributed by atoms with Gasteiger partial charge in [0.25, 0.3) is 0 Å². The summed E-state index contributed by atoms with van der Waals surface area (Å²) in [6.45, 7) is 1.67. The lowest BCUT2D eigenvalue weighted by molar-refractivity contribution is -0.135. The second kappa shape index (κ2) is 10.5. The van der Waals surface area contributed by atoms with Gasteiger partial charge in [-0.2, -0.15) is 0 Å². The molecule has 0 bridgehead atoms. The van der Waals surface area contributed by atoms with Crippen LogP contribution in [0.25, 0.3) is 0 Å². The van der Waals surface area contributed by atoms with Crippen LogP contribution < -0.4 is 10.6 Å². The van der Waals surface area contributed by atoms with E-state index in [4.69, 9.17) is 0 Å². The molecule has 2 saturated carbocycles. The Bertz CT molecular complexity index is 720. The normalized spacial score (nSPS) is 27.3. The highest BCUT2D eigenvalue weighted by molar-refractivity contribution is 14.0. The fourth-order valence-electron chi connectivity index (χ4n) is 4.66. The quantitative estimate of drug-likeness (QED) is 0.321. The molecule has 1 aromatic carbocycles. The summed E-state index contributed by atoms with van der Waals surface area (Å²) in [5.41, 5.74) is 1.38. The zero-order valence-electron chi connectivity index (χ0n) is 17.1. The number of hydrogen-bond donors (Lipinski definition) is 2. The Kier molecular flexibility index (Phi) is 8.24. The van der Waals surface area contributed by atoms with Gasteiger partial charge in [0, 0.05) is 48.5 Å². The van der Waals surface area contributed by atoms with Crippen molar-refractivity contribution >= 4 is 51.8 Å². The Balaban J connectivity index is 0.00000240. The Morgan fingerprint density at radius 3 is 2.52 bits per heavy atom. The van der Waals surface area contributed by atoms with Crippen molar-refractivity contribution in [3.8, 4) is 0 Å². The topological polar surface area (TPSA) is 56.7 Å². The Morgan fingerprint density at radius 1 is 1.10 bits per heavy atom. The van der Waals surface area contributed by atoms with Crippen molar-refractivity contribution in [2.75, 3.05) is 20.1 Å². The van der Waals surface area contributed by atoms with E-state index >= 15 is 0 Å². The molecule has 3 atom stereocenters. The number of hydrogen-bond acceptors (Lipinski definition) is 2. The molecular weight excluding hydrogens is 543 g/mol. The molecule has 7 heteroatoms. The smallest absolute Gasteiger partial charge is 0.225 e. The van der Waals surface area contributed by atoms with E-state index in [1.54, 1.807) is 0 Å². The average molecular weight is 575 g/mol. The average Bonchev–Trinajstić information content (AvgIpc) is 3.33. The first-order valence-corrected chi connectivity index (χ1v) is 11.5. The summed E-state index contributed by atoms with van der Waals surface area (Å²) in [6.07, 6.45) is 8.01. The van der Waals surface area contributed by atoms with Gasteiger partial charge in [-0.1, -0.05) is 47.3 Å². The van der Waals surface area contributed by atoms with Crippen LogP contribution in [0.3, 0.4) is 0 Å². The minimum Gasteiger partial charge on any atom is -0.353 e. The number of amides is 1. The third-order valence-corrected chi connectivity index (χ3v) is 6.96. The second-order valence-corrected chi connectivity index (χ2v) is 9.38. The zero-order valence-corrected chi connectivity index (χ0v) is 21.0. The van der Waals surface area contributed by atoms with Crippen molar-refractivity contribution in [3.63, 3.8) is 0 Å². The van der Waals surface area contributed by atoms with Gasteiger partial charge in [-0.3, -0.25) is 9.79 Å². The maximum Gasteiger partial charge on any atom is 0.225 e. The molecule has 0 radical (unpaired) electrons. The summed E-state index contributed by atoms with van der Waals surface area (Å²) in [4.78, 5) is 19.3. The van der Waals surface area contributed by atoms with E-state index in [1.165, 1.54) is 24.8 Å². The van der Waals surface area contributed by atoms with E-state index < -0.39 is 0 Å². The first kappa shape index (κ1) is 22.8. The van der Waals surface area contributed by atoms with Crippen molar-refractivity contribution in [3.05, 3.63) is 34.3 Å². The highest BCUT2D eigenvalue weighted by Gasteiger charge is 2.39. The van der Waals surface area contributed by atoms with Gasteiger partial charge in [-0.15, -0.1) is 24.0 Å². The molecule has 0 spiro atoms. The number of benzene rings is 1. The van der Waals surface area contributed by atoms with Crippen LogP contribution in [-0.2, 0) is 4.79 Å². The van der Waals surface area contributed by atoms with E-state index in [0.29, 0.717) is 23.9 Å². The zero-order chi connectivity index (χ0) is 19.5. The maximum absolute atomic E-state index is 12.8. The minimum absolute atomic E-state index is 0. The van der Waals surface area contributed by atoms with Gasteiger partial charge in [0.15, 0.2) is 5.96 Å². The Labute approximate surface area is 199 Å². The molecule has 1 heterocycles. The van der Waals surface area contributed by atoms with Crippen LogP contribution in [0.5, 0.6) is 0 Å². The van der Waals surface area contributed by atoms with Gasteiger partial charge >= 0.3 is 0 Å². The molecule has 2 aliphatic carbocycles. The molecule has 0 aromatic heterocycles. The first-order valence-electron chi connectivity index (χ1n) is 10.7. The monoisotopic (exact) mass is 574 g/mol. The number of rotatable bonds is 4. The summed E-state index contributed by atoms with van der Waals surface area (Å²) in [5, 5.41) is 7.11. The maximum atomic E-state index is 12.8. The van der Waals surface area contributed by atoms with Crippen molar-refractivity contribution in [1.82, 2.24) is 15.5 Å². The molecule has 2 N–H and O–H groups in total. The number of nitrogens with zero attached hydrogens (tertiary/aromatic N) is 2. The number of guanidine groups is 1. The minimum atomic E-state index is 0. The summed E-state index contributed by atoms with van der Waals surface area (Å²) in [5.74, 6) is 2.06. The highest BCUT2D eigenvalue weighted by atomic mass is 127. The molecule has 3 unspecified atom stereocenters. The first-order chi connectivity index (χ1) is 13.6. The summed E-state index contributed by atoms with van der Waals surface area (Å²) >= 11 is 3.50. The largest absolute Gasteiger partial charge is 0.353 e.